The Morgan fingerprint density at radius 2 is 1.60 bits per heavy atom. The van der Waals surface area contributed by atoms with E-state index < -0.39 is 0 Å². The van der Waals surface area contributed by atoms with Gasteiger partial charge in [-0.1, -0.05) is 72.4 Å². The highest BCUT2D eigenvalue weighted by molar-refractivity contribution is 7.98. The van der Waals surface area contributed by atoms with E-state index in [4.69, 9.17) is 0 Å². The molecule has 0 saturated heterocycles. The van der Waals surface area contributed by atoms with E-state index >= 15 is 0 Å². The molecule has 1 heterocycles. The van der Waals surface area contributed by atoms with Gasteiger partial charge >= 0.3 is 0 Å². The molecule has 0 amide bonds. The summed E-state index contributed by atoms with van der Waals surface area (Å²) in [6, 6.07) is 20.0. The SMILES string of the molecule is O=c1[nH]c(SCc2ccccc2)nc(Cc2ccccc2)c1CCO. The van der Waals surface area contributed by atoms with E-state index in [-0.39, 0.29) is 12.2 Å². The number of hydrogen-bond acceptors (Lipinski definition) is 4. The summed E-state index contributed by atoms with van der Waals surface area (Å²) in [5, 5.41) is 9.88. The maximum absolute atomic E-state index is 12.4. The van der Waals surface area contributed by atoms with E-state index in [9.17, 15) is 9.90 Å². The molecule has 0 unspecified atom stereocenters. The molecule has 3 aromatic rings. The standard InChI is InChI=1S/C20H20N2O2S/c23-12-11-17-18(13-15-7-3-1-4-8-15)21-20(22-19(17)24)25-14-16-9-5-2-6-10-16/h1-10,23H,11-14H2,(H,21,22,24). The fourth-order valence-corrected chi connectivity index (χ4v) is 3.46. The molecule has 1 aromatic heterocycles. The number of nitrogens with one attached hydrogen (secondary N) is 1. The Labute approximate surface area is 151 Å². The van der Waals surface area contributed by atoms with Crippen LogP contribution in [0.25, 0.3) is 0 Å². The molecule has 0 saturated carbocycles. The van der Waals surface area contributed by atoms with Crippen molar-refractivity contribution in [1.29, 1.82) is 0 Å². The first-order valence-electron chi connectivity index (χ1n) is 8.20. The second-order valence-corrected chi connectivity index (χ2v) is 6.67. The minimum Gasteiger partial charge on any atom is -0.396 e. The van der Waals surface area contributed by atoms with Crippen molar-refractivity contribution in [3.63, 3.8) is 0 Å². The fraction of sp³-hybridized carbons (Fsp3) is 0.200. The van der Waals surface area contributed by atoms with Crippen molar-refractivity contribution in [2.45, 2.75) is 23.8 Å². The first-order valence-corrected chi connectivity index (χ1v) is 9.18. The van der Waals surface area contributed by atoms with Crippen LogP contribution in [0.15, 0.2) is 70.6 Å². The molecule has 0 atom stereocenters. The molecule has 0 aliphatic heterocycles. The average Bonchev–Trinajstić information content (AvgIpc) is 2.64. The Hall–Kier alpha value is -2.37. The third-order valence-corrected chi connectivity index (χ3v) is 4.82. The van der Waals surface area contributed by atoms with Crippen molar-refractivity contribution in [2.75, 3.05) is 6.61 Å². The van der Waals surface area contributed by atoms with Crippen LogP contribution in [0.1, 0.15) is 22.4 Å². The number of nitrogens with zero attached hydrogens (tertiary/aromatic N) is 1. The van der Waals surface area contributed by atoms with E-state index in [0.29, 0.717) is 23.6 Å². The van der Waals surface area contributed by atoms with Crippen molar-refractivity contribution in [1.82, 2.24) is 9.97 Å². The number of hydrogen-bond donors (Lipinski definition) is 2. The summed E-state index contributed by atoms with van der Waals surface area (Å²) < 4.78 is 0. The molecule has 5 heteroatoms. The lowest BCUT2D eigenvalue weighted by Crippen LogP contribution is -2.20. The predicted molar refractivity (Wildman–Crippen MR) is 101 cm³/mol. The van der Waals surface area contributed by atoms with Crippen molar-refractivity contribution < 1.29 is 5.11 Å². The fourth-order valence-electron chi connectivity index (χ4n) is 2.62. The molecular weight excluding hydrogens is 332 g/mol. The lowest BCUT2D eigenvalue weighted by molar-refractivity contribution is 0.298. The lowest BCUT2D eigenvalue weighted by Gasteiger charge is -2.10. The molecule has 0 bridgehead atoms. The van der Waals surface area contributed by atoms with Gasteiger partial charge in [-0.2, -0.15) is 0 Å². The van der Waals surface area contributed by atoms with Crippen LogP contribution < -0.4 is 5.56 Å². The Balaban J connectivity index is 1.86. The first-order chi connectivity index (χ1) is 12.3. The largest absolute Gasteiger partial charge is 0.396 e. The summed E-state index contributed by atoms with van der Waals surface area (Å²) in [4.78, 5) is 19.9. The number of aliphatic hydroxyl groups excluding tert-OH is 1. The number of aromatic amines is 1. The van der Waals surface area contributed by atoms with Crippen LogP contribution >= 0.6 is 11.8 Å². The quantitative estimate of drug-likeness (QED) is 0.506. The molecule has 128 valence electrons. The van der Waals surface area contributed by atoms with E-state index in [1.54, 1.807) is 0 Å². The van der Waals surface area contributed by atoms with E-state index in [1.807, 2.05) is 48.5 Å². The highest BCUT2D eigenvalue weighted by Crippen LogP contribution is 2.20. The average molecular weight is 352 g/mol. The van der Waals surface area contributed by atoms with Gasteiger partial charge in [0.15, 0.2) is 5.16 Å². The molecule has 2 aromatic carbocycles. The Morgan fingerprint density at radius 3 is 2.24 bits per heavy atom. The molecule has 0 aliphatic carbocycles. The number of thioether (sulfide) groups is 1. The summed E-state index contributed by atoms with van der Waals surface area (Å²) in [7, 11) is 0. The van der Waals surface area contributed by atoms with Gasteiger partial charge in [-0.15, -0.1) is 0 Å². The van der Waals surface area contributed by atoms with Gasteiger partial charge in [0.2, 0.25) is 0 Å². The molecule has 0 fully saturated rings. The molecule has 2 N–H and O–H groups in total. The Kier molecular flexibility index (Phi) is 6.04. The maximum atomic E-state index is 12.4. The van der Waals surface area contributed by atoms with Crippen molar-refractivity contribution >= 4 is 11.8 Å². The van der Waals surface area contributed by atoms with Gasteiger partial charge < -0.3 is 10.1 Å². The zero-order valence-corrected chi connectivity index (χ0v) is 14.6. The zero-order chi connectivity index (χ0) is 17.5. The zero-order valence-electron chi connectivity index (χ0n) is 13.8. The molecule has 3 rings (SSSR count). The Bertz CT molecular complexity index is 864. The van der Waals surface area contributed by atoms with Gasteiger partial charge in [0, 0.05) is 30.8 Å². The molecule has 0 spiro atoms. The monoisotopic (exact) mass is 352 g/mol. The van der Waals surface area contributed by atoms with Gasteiger partial charge in [-0.05, 0) is 11.1 Å². The van der Waals surface area contributed by atoms with Gasteiger partial charge in [0.05, 0.1) is 5.69 Å². The number of rotatable bonds is 7. The number of aromatic nitrogens is 2. The van der Waals surface area contributed by atoms with Gasteiger partial charge in [-0.25, -0.2) is 4.98 Å². The number of aliphatic hydroxyl groups is 1. The normalized spacial score (nSPS) is 10.8. The minimum atomic E-state index is -0.162. The van der Waals surface area contributed by atoms with Crippen LogP contribution in [0.4, 0.5) is 0 Å². The van der Waals surface area contributed by atoms with Crippen LogP contribution in [0.5, 0.6) is 0 Å². The lowest BCUT2D eigenvalue weighted by atomic mass is 10.0. The van der Waals surface area contributed by atoms with Crippen molar-refractivity contribution in [3.05, 3.63) is 93.4 Å². The third kappa shape index (κ3) is 4.81. The second-order valence-electron chi connectivity index (χ2n) is 5.71. The number of benzene rings is 2. The molecule has 4 nitrogen and oxygen atoms in total. The third-order valence-electron chi connectivity index (χ3n) is 3.87. The summed E-state index contributed by atoms with van der Waals surface area (Å²) in [6.07, 6.45) is 0.896. The predicted octanol–water partition coefficient (Wildman–Crippen LogP) is 3.19. The van der Waals surface area contributed by atoms with Crippen molar-refractivity contribution in [2.24, 2.45) is 0 Å². The summed E-state index contributed by atoms with van der Waals surface area (Å²) in [5.41, 5.74) is 3.42. The van der Waals surface area contributed by atoms with Gasteiger partial charge in [0.25, 0.3) is 5.56 Å². The van der Waals surface area contributed by atoms with Crippen LogP contribution in [-0.4, -0.2) is 21.7 Å². The van der Waals surface area contributed by atoms with Crippen LogP contribution in [0.3, 0.4) is 0 Å². The Morgan fingerprint density at radius 1 is 0.960 bits per heavy atom. The molecular formula is C20H20N2O2S. The topological polar surface area (TPSA) is 66.0 Å². The van der Waals surface area contributed by atoms with Gasteiger partial charge in [0.1, 0.15) is 0 Å². The minimum absolute atomic E-state index is 0.0664. The van der Waals surface area contributed by atoms with E-state index in [2.05, 4.69) is 22.1 Å². The van der Waals surface area contributed by atoms with Crippen LogP contribution in [-0.2, 0) is 18.6 Å². The van der Waals surface area contributed by atoms with Crippen molar-refractivity contribution in [3.8, 4) is 0 Å². The van der Waals surface area contributed by atoms with E-state index in [0.717, 1.165) is 17.0 Å². The summed E-state index contributed by atoms with van der Waals surface area (Å²) in [6.45, 7) is -0.0664. The smallest absolute Gasteiger partial charge is 0.255 e. The van der Waals surface area contributed by atoms with Crippen LogP contribution in [0.2, 0.25) is 0 Å². The number of H-pyrrole nitrogens is 1. The molecule has 0 radical (unpaired) electrons. The summed E-state index contributed by atoms with van der Waals surface area (Å²) >= 11 is 1.51. The first kappa shape index (κ1) is 17.5. The highest BCUT2D eigenvalue weighted by atomic mass is 32.2. The highest BCUT2D eigenvalue weighted by Gasteiger charge is 2.12. The van der Waals surface area contributed by atoms with E-state index in [1.165, 1.54) is 17.3 Å². The van der Waals surface area contributed by atoms with Gasteiger partial charge in [-0.3, -0.25) is 4.79 Å². The molecule has 25 heavy (non-hydrogen) atoms. The van der Waals surface area contributed by atoms with Crippen LogP contribution in [0, 0.1) is 0 Å². The second kappa shape index (κ2) is 8.65. The maximum Gasteiger partial charge on any atom is 0.255 e. The summed E-state index contributed by atoms with van der Waals surface area (Å²) in [5.74, 6) is 0.744. The molecule has 0 aliphatic rings.